The van der Waals surface area contributed by atoms with Crippen LogP contribution in [0.5, 0.6) is 0 Å². The standard InChI is InChI=1S/C25H24B2FN3OS2/c1-3-33-22-12-18(17-8-6-16(7-9-17)15-4-5-15)14-30-23(22)24(32)31-21-13-19(34-25(26,27)28)10-11-20(21)29-2/h6-15,29H,3-5H2,1-2H3,(H,31,32). The largest absolute Gasteiger partial charge is 0.386 e. The molecule has 1 amide bonds. The number of amides is 1. The van der Waals surface area contributed by atoms with Gasteiger partial charge in [0.25, 0.3) is 5.91 Å². The summed E-state index contributed by atoms with van der Waals surface area (Å²) in [5.74, 6) is 1.16. The van der Waals surface area contributed by atoms with Gasteiger partial charge in [0.15, 0.2) is 0 Å². The van der Waals surface area contributed by atoms with Gasteiger partial charge in [0.2, 0.25) is 0 Å². The molecule has 1 fully saturated rings. The van der Waals surface area contributed by atoms with Crippen molar-refractivity contribution in [1.82, 2.24) is 4.98 Å². The number of benzene rings is 2. The fourth-order valence-electron chi connectivity index (χ4n) is 3.67. The van der Waals surface area contributed by atoms with Crippen LogP contribution in [-0.2, 0) is 0 Å². The van der Waals surface area contributed by atoms with E-state index in [4.69, 9.17) is 15.7 Å². The van der Waals surface area contributed by atoms with E-state index in [1.54, 1.807) is 43.2 Å². The lowest BCUT2D eigenvalue weighted by Gasteiger charge is -2.17. The minimum Gasteiger partial charge on any atom is -0.386 e. The monoisotopic (exact) mass is 487 g/mol. The second kappa shape index (κ2) is 10.5. The maximum atomic E-state index is 13.7. The molecule has 1 aliphatic rings. The van der Waals surface area contributed by atoms with Crippen molar-refractivity contribution < 1.29 is 9.18 Å². The lowest BCUT2D eigenvalue weighted by molar-refractivity contribution is 0.101. The maximum absolute atomic E-state index is 13.7. The van der Waals surface area contributed by atoms with Crippen LogP contribution in [0.4, 0.5) is 15.8 Å². The van der Waals surface area contributed by atoms with Gasteiger partial charge in [-0.25, -0.2) is 4.98 Å². The fourth-order valence-corrected chi connectivity index (χ4v) is 5.15. The van der Waals surface area contributed by atoms with Gasteiger partial charge < -0.3 is 10.6 Å². The van der Waals surface area contributed by atoms with Crippen LogP contribution in [-0.4, -0.2) is 44.2 Å². The molecule has 0 atom stereocenters. The molecule has 4 radical (unpaired) electrons. The molecular weight excluding hydrogens is 463 g/mol. The minimum atomic E-state index is -2.42. The van der Waals surface area contributed by atoms with E-state index in [-0.39, 0.29) is 5.91 Å². The molecule has 1 saturated carbocycles. The number of thioether (sulfide) groups is 2. The molecule has 0 saturated heterocycles. The van der Waals surface area contributed by atoms with Crippen LogP contribution in [0.2, 0.25) is 0 Å². The molecule has 1 aliphatic carbocycles. The summed E-state index contributed by atoms with van der Waals surface area (Å²) in [4.78, 5) is 16.6. The van der Waals surface area contributed by atoms with Crippen molar-refractivity contribution in [3.05, 3.63) is 66.0 Å². The van der Waals surface area contributed by atoms with E-state index in [0.717, 1.165) is 21.8 Å². The van der Waals surface area contributed by atoms with Crippen molar-refractivity contribution in [1.29, 1.82) is 0 Å². The van der Waals surface area contributed by atoms with Gasteiger partial charge in [-0.05, 0) is 59.9 Å². The van der Waals surface area contributed by atoms with Gasteiger partial charge in [0, 0.05) is 28.6 Å². The van der Waals surface area contributed by atoms with E-state index in [1.165, 1.54) is 18.4 Å². The summed E-state index contributed by atoms with van der Waals surface area (Å²) in [5.41, 5.74) is 4.91. The second-order valence-corrected chi connectivity index (χ2v) is 10.7. The average Bonchev–Trinajstić information content (AvgIpc) is 3.64. The Bertz CT molecular complexity index is 1180. The number of carbonyl (C=O) groups is 1. The topological polar surface area (TPSA) is 54.0 Å². The van der Waals surface area contributed by atoms with Gasteiger partial charge in [0.1, 0.15) is 21.4 Å². The Hall–Kier alpha value is -2.38. The molecule has 1 aromatic heterocycles. The number of hydrogen-bond acceptors (Lipinski definition) is 5. The second-order valence-electron chi connectivity index (χ2n) is 8.11. The Balaban J connectivity index is 1.59. The first-order valence-electron chi connectivity index (χ1n) is 11.1. The van der Waals surface area contributed by atoms with Crippen molar-refractivity contribution in [3.8, 4) is 11.1 Å². The molecule has 2 N–H and O–H groups in total. The van der Waals surface area contributed by atoms with Crippen LogP contribution < -0.4 is 10.6 Å². The predicted molar refractivity (Wildman–Crippen MR) is 143 cm³/mol. The van der Waals surface area contributed by atoms with E-state index >= 15 is 0 Å². The molecule has 0 unspecified atom stereocenters. The molecular formula is C25H24B2FN3OS2. The van der Waals surface area contributed by atoms with Gasteiger partial charge in [0.05, 0.1) is 16.2 Å². The normalized spacial score (nSPS) is 13.5. The van der Waals surface area contributed by atoms with Crippen LogP contribution in [0, 0.1) is 0 Å². The Morgan fingerprint density at radius 1 is 1.12 bits per heavy atom. The highest BCUT2D eigenvalue weighted by atomic mass is 32.2. The number of hydrogen-bond donors (Lipinski definition) is 2. The molecule has 0 aliphatic heterocycles. The van der Waals surface area contributed by atoms with E-state index in [2.05, 4.69) is 39.9 Å². The number of rotatable bonds is 9. The van der Waals surface area contributed by atoms with Crippen LogP contribution in [0.1, 0.15) is 41.7 Å². The predicted octanol–water partition coefficient (Wildman–Crippen LogP) is 6.04. The van der Waals surface area contributed by atoms with E-state index in [1.807, 2.05) is 13.0 Å². The Morgan fingerprint density at radius 3 is 2.47 bits per heavy atom. The van der Waals surface area contributed by atoms with E-state index in [9.17, 15) is 9.18 Å². The highest BCUT2D eigenvalue weighted by Crippen LogP contribution is 2.40. The lowest BCUT2D eigenvalue weighted by atomic mass is 9.83. The molecule has 170 valence electrons. The Morgan fingerprint density at radius 2 is 1.85 bits per heavy atom. The number of pyridine rings is 1. The maximum Gasteiger partial charge on any atom is 0.275 e. The van der Waals surface area contributed by atoms with Crippen molar-refractivity contribution in [3.63, 3.8) is 0 Å². The molecule has 34 heavy (non-hydrogen) atoms. The van der Waals surface area contributed by atoms with E-state index in [0.29, 0.717) is 39.6 Å². The number of carbonyl (C=O) groups excluding carboxylic acids is 1. The Kier molecular flexibility index (Phi) is 7.63. The zero-order valence-corrected chi connectivity index (χ0v) is 20.7. The lowest BCUT2D eigenvalue weighted by Crippen LogP contribution is -2.18. The van der Waals surface area contributed by atoms with Gasteiger partial charge in [-0.15, -0.1) is 23.5 Å². The van der Waals surface area contributed by atoms with Crippen LogP contribution in [0.15, 0.2) is 64.5 Å². The van der Waals surface area contributed by atoms with Crippen LogP contribution in [0.25, 0.3) is 11.1 Å². The number of alkyl halides is 1. The van der Waals surface area contributed by atoms with Crippen LogP contribution >= 0.6 is 23.5 Å². The highest BCUT2D eigenvalue weighted by molar-refractivity contribution is 8.02. The summed E-state index contributed by atoms with van der Waals surface area (Å²) in [5, 5.41) is 5.92. The number of aromatic nitrogens is 1. The third-order valence-corrected chi connectivity index (χ3v) is 7.16. The molecule has 0 bridgehead atoms. The molecule has 9 heteroatoms. The molecule has 1 heterocycles. The van der Waals surface area contributed by atoms with Crippen LogP contribution in [0.3, 0.4) is 0 Å². The fraction of sp³-hybridized carbons (Fsp3) is 0.280. The van der Waals surface area contributed by atoms with E-state index < -0.39 is 4.80 Å². The first-order valence-corrected chi connectivity index (χ1v) is 12.9. The van der Waals surface area contributed by atoms with Crippen molar-refractivity contribution in [2.45, 2.75) is 40.3 Å². The quantitative estimate of drug-likeness (QED) is 0.285. The molecule has 0 spiro atoms. The zero-order chi connectivity index (χ0) is 24.3. The van der Waals surface area contributed by atoms with Gasteiger partial charge in [-0.2, -0.15) is 0 Å². The molecule has 3 aromatic rings. The molecule has 4 nitrogen and oxygen atoms in total. The Labute approximate surface area is 211 Å². The number of nitrogens with one attached hydrogen (secondary N) is 2. The summed E-state index contributed by atoms with van der Waals surface area (Å²) >= 11 is 2.23. The summed E-state index contributed by atoms with van der Waals surface area (Å²) in [7, 11) is 12.3. The average molecular weight is 487 g/mol. The van der Waals surface area contributed by atoms with Crippen molar-refractivity contribution in [2.75, 3.05) is 23.4 Å². The van der Waals surface area contributed by atoms with Gasteiger partial charge in [-0.3, -0.25) is 9.18 Å². The minimum absolute atomic E-state index is 0.336. The number of halogens is 1. The van der Waals surface area contributed by atoms with Crippen molar-refractivity contribution in [2.24, 2.45) is 0 Å². The first kappa shape index (κ1) is 24.7. The number of nitrogens with zero attached hydrogens (tertiary/aromatic N) is 1. The van der Waals surface area contributed by atoms with Gasteiger partial charge >= 0.3 is 0 Å². The summed E-state index contributed by atoms with van der Waals surface area (Å²) in [6.45, 7) is 2.03. The summed E-state index contributed by atoms with van der Waals surface area (Å²) in [6, 6.07) is 15.6. The zero-order valence-electron chi connectivity index (χ0n) is 19.1. The van der Waals surface area contributed by atoms with Gasteiger partial charge in [-0.1, -0.05) is 31.2 Å². The third kappa shape index (κ3) is 6.19. The molecule has 2 aromatic carbocycles. The first-order chi connectivity index (χ1) is 16.3. The summed E-state index contributed by atoms with van der Waals surface area (Å²) in [6.07, 6.45) is 4.27. The highest BCUT2D eigenvalue weighted by Gasteiger charge is 2.23. The third-order valence-electron chi connectivity index (χ3n) is 5.44. The van der Waals surface area contributed by atoms with Crippen molar-refractivity contribution >= 4 is 56.5 Å². The SMILES string of the molecule is [B]C([B])(F)Sc1ccc(NC)c(NC(=O)c2ncc(-c3ccc(C4CC4)cc3)cc2SCC)c1. The summed E-state index contributed by atoms with van der Waals surface area (Å²) < 4.78 is 13.7. The number of anilines is 2. The molecule has 4 rings (SSSR count). The smallest absolute Gasteiger partial charge is 0.275 e.